The Balaban J connectivity index is 2.17. The molecule has 1 aliphatic heterocycles. The van der Waals surface area contributed by atoms with Gasteiger partial charge in [-0.1, -0.05) is 0 Å². The molecule has 1 saturated heterocycles. The van der Waals surface area contributed by atoms with E-state index in [4.69, 9.17) is 4.74 Å². The summed E-state index contributed by atoms with van der Waals surface area (Å²) in [7, 11) is 1.49. The molecule has 0 saturated carbocycles. The standard InChI is InChI=1S/C12H15FN2O2S/c1-14-11(16)10-6-8(13)7-15-12(10)17-9-2-4-18-5-3-9/h6-7,9H,2-5H2,1H3,(H,14,16). The molecule has 0 aliphatic carbocycles. The van der Waals surface area contributed by atoms with E-state index in [0.29, 0.717) is 0 Å². The Hall–Kier alpha value is -1.30. The van der Waals surface area contributed by atoms with Crippen LogP contribution in [0.15, 0.2) is 12.3 Å². The van der Waals surface area contributed by atoms with Gasteiger partial charge in [-0.25, -0.2) is 9.37 Å². The lowest BCUT2D eigenvalue weighted by molar-refractivity contribution is 0.0952. The molecular formula is C12H15FN2O2S. The summed E-state index contributed by atoms with van der Waals surface area (Å²) in [6.45, 7) is 0. The monoisotopic (exact) mass is 270 g/mol. The van der Waals surface area contributed by atoms with Crippen LogP contribution in [0.1, 0.15) is 23.2 Å². The summed E-state index contributed by atoms with van der Waals surface area (Å²) in [4.78, 5) is 15.5. The molecule has 1 aromatic heterocycles. The van der Waals surface area contributed by atoms with Crippen LogP contribution in [-0.2, 0) is 0 Å². The first kappa shape index (κ1) is 13.1. The molecule has 1 fully saturated rings. The van der Waals surface area contributed by atoms with E-state index >= 15 is 0 Å². The first-order valence-corrected chi connectivity index (χ1v) is 6.98. The fraction of sp³-hybridized carbons (Fsp3) is 0.500. The van der Waals surface area contributed by atoms with Crippen molar-refractivity contribution in [1.82, 2.24) is 10.3 Å². The van der Waals surface area contributed by atoms with E-state index in [2.05, 4.69) is 10.3 Å². The second-order valence-corrected chi connectivity index (χ2v) is 5.24. The van der Waals surface area contributed by atoms with E-state index in [9.17, 15) is 9.18 Å². The van der Waals surface area contributed by atoms with Gasteiger partial charge >= 0.3 is 0 Å². The van der Waals surface area contributed by atoms with E-state index in [0.717, 1.165) is 36.6 Å². The van der Waals surface area contributed by atoms with E-state index in [1.54, 1.807) is 0 Å². The van der Waals surface area contributed by atoms with Gasteiger partial charge in [0.15, 0.2) is 0 Å². The van der Waals surface area contributed by atoms with E-state index in [-0.39, 0.29) is 23.5 Å². The second-order valence-electron chi connectivity index (χ2n) is 4.01. The topological polar surface area (TPSA) is 51.2 Å². The van der Waals surface area contributed by atoms with Gasteiger partial charge in [0.1, 0.15) is 17.5 Å². The maximum atomic E-state index is 13.1. The molecule has 0 spiro atoms. The molecule has 0 aromatic carbocycles. The Morgan fingerprint density at radius 1 is 1.56 bits per heavy atom. The molecule has 98 valence electrons. The van der Waals surface area contributed by atoms with Crippen LogP contribution < -0.4 is 10.1 Å². The number of rotatable bonds is 3. The quantitative estimate of drug-likeness (QED) is 0.910. The van der Waals surface area contributed by atoms with Crippen LogP contribution in [0.5, 0.6) is 5.88 Å². The molecule has 1 aliphatic rings. The molecular weight excluding hydrogens is 255 g/mol. The Morgan fingerprint density at radius 3 is 2.94 bits per heavy atom. The highest BCUT2D eigenvalue weighted by Crippen LogP contribution is 2.24. The van der Waals surface area contributed by atoms with Gasteiger partial charge in [0.05, 0.1) is 6.20 Å². The summed E-state index contributed by atoms with van der Waals surface area (Å²) >= 11 is 1.89. The van der Waals surface area contributed by atoms with Gasteiger partial charge in [-0.05, 0) is 30.4 Å². The average Bonchev–Trinajstić information content (AvgIpc) is 2.41. The zero-order valence-electron chi connectivity index (χ0n) is 10.1. The first-order valence-electron chi connectivity index (χ1n) is 5.82. The van der Waals surface area contributed by atoms with Crippen molar-refractivity contribution in [3.05, 3.63) is 23.6 Å². The number of carbonyl (C=O) groups excluding carboxylic acids is 1. The summed E-state index contributed by atoms with van der Waals surface area (Å²) in [6, 6.07) is 1.15. The molecule has 6 heteroatoms. The Kier molecular flexibility index (Phi) is 4.41. The highest BCUT2D eigenvalue weighted by molar-refractivity contribution is 7.99. The van der Waals surface area contributed by atoms with E-state index in [1.165, 1.54) is 7.05 Å². The van der Waals surface area contributed by atoms with Crippen molar-refractivity contribution in [3.8, 4) is 5.88 Å². The van der Waals surface area contributed by atoms with Crippen LogP contribution in [-0.4, -0.2) is 35.5 Å². The summed E-state index contributed by atoms with van der Waals surface area (Å²) in [5.74, 6) is 1.37. The molecule has 18 heavy (non-hydrogen) atoms. The van der Waals surface area contributed by atoms with Gasteiger partial charge in [0.2, 0.25) is 5.88 Å². The fourth-order valence-corrected chi connectivity index (χ4v) is 2.83. The minimum absolute atomic E-state index is 0.0626. The lowest BCUT2D eigenvalue weighted by Gasteiger charge is -2.23. The van der Waals surface area contributed by atoms with Crippen molar-refractivity contribution >= 4 is 17.7 Å². The second kappa shape index (κ2) is 6.04. The number of thioether (sulfide) groups is 1. The molecule has 2 heterocycles. The van der Waals surface area contributed by atoms with Gasteiger partial charge in [-0.15, -0.1) is 0 Å². The number of aromatic nitrogens is 1. The van der Waals surface area contributed by atoms with Crippen LogP contribution in [0.4, 0.5) is 4.39 Å². The van der Waals surface area contributed by atoms with Crippen molar-refractivity contribution in [2.75, 3.05) is 18.6 Å². The minimum Gasteiger partial charge on any atom is -0.474 e. The van der Waals surface area contributed by atoms with Gasteiger partial charge in [-0.3, -0.25) is 4.79 Å². The number of amides is 1. The molecule has 2 rings (SSSR count). The lowest BCUT2D eigenvalue weighted by Crippen LogP contribution is -2.25. The Morgan fingerprint density at radius 2 is 2.28 bits per heavy atom. The van der Waals surface area contributed by atoms with Gasteiger partial charge in [0.25, 0.3) is 5.91 Å². The molecule has 0 radical (unpaired) electrons. The number of hydrogen-bond donors (Lipinski definition) is 1. The van der Waals surface area contributed by atoms with Crippen LogP contribution in [0.2, 0.25) is 0 Å². The number of pyridine rings is 1. The SMILES string of the molecule is CNC(=O)c1cc(F)cnc1OC1CCSCC1. The van der Waals surface area contributed by atoms with E-state index < -0.39 is 5.82 Å². The molecule has 0 atom stereocenters. The van der Waals surface area contributed by atoms with Crippen LogP contribution in [0, 0.1) is 5.82 Å². The zero-order chi connectivity index (χ0) is 13.0. The predicted molar refractivity (Wildman–Crippen MR) is 68.6 cm³/mol. The lowest BCUT2D eigenvalue weighted by atomic mass is 10.2. The molecule has 4 nitrogen and oxygen atoms in total. The van der Waals surface area contributed by atoms with Gasteiger partial charge < -0.3 is 10.1 Å². The maximum Gasteiger partial charge on any atom is 0.256 e. The maximum absolute atomic E-state index is 13.1. The van der Waals surface area contributed by atoms with Crippen molar-refractivity contribution < 1.29 is 13.9 Å². The number of halogens is 1. The third kappa shape index (κ3) is 3.13. The Bertz CT molecular complexity index is 436. The number of nitrogens with one attached hydrogen (secondary N) is 1. The average molecular weight is 270 g/mol. The number of carbonyl (C=O) groups is 1. The Labute approximate surface area is 109 Å². The highest BCUT2D eigenvalue weighted by Gasteiger charge is 2.20. The molecule has 1 aromatic rings. The summed E-state index contributed by atoms with van der Waals surface area (Å²) in [6.07, 6.45) is 2.99. The number of ether oxygens (including phenoxy) is 1. The van der Waals surface area contributed by atoms with Gasteiger partial charge in [0, 0.05) is 7.05 Å². The van der Waals surface area contributed by atoms with Crippen molar-refractivity contribution in [1.29, 1.82) is 0 Å². The van der Waals surface area contributed by atoms with Crippen molar-refractivity contribution in [2.24, 2.45) is 0 Å². The van der Waals surface area contributed by atoms with Crippen LogP contribution in [0.25, 0.3) is 0 Å². The molecule has 0 unspecified atom stereocenters. The van der Waals surface area contributed by atoms with Gasteiger partial charge in [-0.2, -0.15) is 11.8 Å². The highest BCUT2D eigenvalue weighted by atomic mass is 32.2. The predicted octanol–water partition coefficient (Wildman–Crippen LogP) is 1.85. The number of nitrogens with zero attached hydrogens (tertiary/aromatic N) is 1. The van der Waals surface area contributed by atoms with E-state index in [1.807, 2.05) is 11.8 Å². The fourth-order valence-electron chi connectivity index (χ4n) is 1.77. The smallest absolute Gasteiger partial charge is 0.256 e. The third-order valence-electron chi connectivity index (χ3n) is 2.74. The summed E-state index contributed by atoms with van der Waals surface area (Å²) < 4.78 is 18.8. The normalized spacial score (nSPS) is 16.3. The summed E-state index contributed by atoms with van der Waals surface area (Å²) in [5, 5.41) is 2.46. The zero-order valence-corrected chi connectivity index (χ0v) is 10.9. The number of hydrogen-bond acceptors (Lipinski definition) is 4. The third-order valence-corrected chi connectivity index (χ3v) is 3.78. The molecule has 0 bridgehead atoms. The molecule has 1 amide bonds. The first-order chi connectivity index (χ1) is 8.70. The van der Waals surface area contributed by atoms with Crippen molar-refractivity contribution in [3.63, 3.8) is 0 Å². The van der Waals surface area contributed by atoms with Crippen LogP contribution in [0.3, 0.4) is 0 Å². The summed E-state index contributed by atoms with van der Waals surface area (Å²) in [5.41, 5.74) is 0.149. The molecule has 1 N–H and O–H groups in total. The largest absolute Gasteiger partial charge is 0.474 e. The van der Waals surface area contributed by atoms with Crippen LogP contribution >= 0.6 is 11.8 Å². The minimum atomic E-state index is -0.542. The van der Waals surface area contributed by atoms with Crippen molar-refractivity contribution in [2.45, 2.75) is 18.9 Å².